The monoisotopic (exact) mass is 536 g/mol. The van der Waals surface area contributed by atoms with Crippen molar-refractivity contribution in [1.29, 1.82) is 0 Å². The van der Waals surface area contributed by atoms with E-state index in [-0.39, 0.29) is 16.9 Å². The zero-order valence-corrected chi connectivity index (χ0v) is 21.6. The van der Waals surface area contributed by atoms with Gasteiger partial charge in [0, 0.05) is 48.0 Å². The Labute approximate surface area is 228 Å². The minimum Gasteiger partial charge on any atom is -0.337 e. The van der Waals surface area contributed by atoms with Crippen LogP contribution in [0.25, 0.3) is 56.0 Å². The zero-order chi connectivity index (χ0) is 27.1. The SMILES string of the molecule is Fc1cccc(-c2nccc3[nH]c(-c4[nH]nc5ncc(-c6cncc(CNCC7CCCC7)c6)c(F)c45)nc23)c1. The summed E-state index contributed by atoms with van der Waals surface area (Å²) in [6.45, 7) is 1.66. The molecule has 0 aliphatic heterocycles. The van der Waals surface area contributed by atoms with Crippen molar-refractivity contribution < 1.29 is 8.78 Å². The van der Waals surface area contributed by atoms with Crippen molar-refractivity contribution in [2.45, 2.75) is 32.2 Å². The van der Waals surface area contributed by atoms with Crippen LogP contribution in [0.4, 0.5) is 8.78 Å². The molecule has 0 saturated heterocycles. The van der Waals surface area contributed by atoms with Gasteiger partial charge in [-0.1, -0.05) is 25.0 Å². The van der Waals surface area contributed by atoms with E-state index in [4.69, 9.17) is 4.98 Å². The maximum absolute atomic E-state index is 16.1. The van der Waals surface area contributed by atoms with E-state index in [0.717, 1.165) is 18.0 Å². The van der Waals surface area contributed by atoms with Crippen molar-refractivity contribution >= 4 is 22.1 Å². The van der Waals surface area contributed by atoms with E-state index in [1.54, 1.807) is 36.8 Å². The molecule has 5 heterocycles. The molecule has 1 aromatic carbocycles. The molecule has 0 radical (unpaired) electrons. The van der Waals surface area contributed by atoms with Gasteiger partial charge in [-0.05, 0) is 55.1 Å². The lowest BCUT2D eigenvalue weighted by atomic mass is 10.0. The summed E-state index contributed by atoms with van der Waals surface area (Å²) in [5, 5.41) is 10.9. The highest BCUT2D eigenvalue weighted by molar-refractivity contribution is 5.96. The minimum atomic E-state index is -0.462. The van der Waals surface area contributed by atoms with Crippen molar-refractivity contribution in [3.8, 4) is 33.9 Å². The predicted octanol–water partition coefficient (Wildman–Crippen LogP) is 6.18. The van der Waals surface area contributed by atoms with E-state index in [1.165, 1.54) is 44.0 Å². The fourth-order valence-corrected chi connectivity index (χ4v) is 5.59. The smallest absolute Gasteiger partial charge is 0.184 e. The van der Waals surface area contributed by atoms with Gasteiger partial charge in [-0.3, -0.25) is 15.1 Å². The molecule has 10 heteroatoms. The normalized spacial score (nSPS) is 14.1. The van der Waals surface area contributed by atoms with E-state index in [1.807, 2.05) is 6.07 Å². The molecular formula is C30H26F2N8. The number of nitrogens with one attached hydrogen (secondary N) is 3. The fraction of sp³-hybridized carbons (Fsp3) is 0.233. The first-order valence-electron chi connectivity index (χ1n) is 13.4. The zero-order valence-electron chi connectivity index (χ0n) is 21.6. The second-order valence-electron chi connectivity index (χ2n) is 10.3. The Morgan fingerprint density at radius 1 is 0.975 bits per heavy atom. The van der Waals surface area contributed by atoms with Crippen LogP contribution in [0, 0.1) is 17.6 Å². The molecule has 1 aliphatic carbocycles. The third-order valence-electron chi connectivity index (χ3n) is 7.60. The van der Waals surface area contributed by atoms with Crippen LogP contribution in [0.3, 0.4) is 0 Å². The van der Waals surface area contributed by atoms with Gasteiger partial charge in [0.15, 0.2) is 11.5 Å². The van der Waals surface area contributed by atoms with Gasteiger partial charge in [0.05, 0.1) is 16.6 Å². The first kappa shape index (κ1) is 24.5. The summed E-state index contributed by atoms with van der Waals surface area (Å²) in [6.07, 6.45) is 11.7. The third kappa shape index (κ3) is 4.50. The molecule has 1 aliphatic rings. The van der Waals surface area contributed by atoms with Gasteiger partial charge in [-0.15, -0.1) is 0 Å². The summed E-state index contributed by atoms with van der Waals surface area (Å²) in [6, 6.07) is 9.89. The second kappa shape index (κ2) is 10.2. The highest BCUT2D eigenvalue weighted by Gasteiger charge is 2.21. The van der Waals surface area contributed by atoms with E-state index in [2.05, 4.69) is 35.5 Å². The number of halogens is 2. The van der Waals surface area contributed by atoms with Crippen LogP contribution >= 0.6 is 0 Å². The number of H-pyrrole nitrogens is 2. The number of aromatic amines is 2. The number of imidazole rings is 1. The van der Waals surface area contributed by atoms with Crippen LogP contribution < -0.4 is 5.32 Å². The van der Waals surface area contributed by atoms with Gasteiger partial charge in [0.1, 0.15) is 22.8 Å². The predicted molar refractivity (Wildman–Crippen MR) is 149 cm³/mol. The van der Waals surface area contributed by atoms with Crippen LogP contribution in [0.1, 0.15) is 31.2 Å². The van der Waals surface area contributed by atoms with Crippen molar-refractivity contribution in [3.05, 3.63) is 78.4 Å². The standard InChI is InChI=1S/C30H26F2N8/c31-21-7-3-6-19(11-21)26-27-23(8-9-35-26)37-30(38-27)28-24-25(32)22(16-36-29(24)40-39-28)20-10-18(14-34-15-20)13-33-12-17-4-1-2-5-17/h3,6-11,14-17,33H,1-2,4-5,12-13H2,(H,37,38)(H,36,39,40). The van der Waals surface area contributed by atoms with Crippen LogP contribution in [0.5, 0.6) is 0 Å². The number of aromatic nitrogens is 7. The molecule has 40 heavy (non-hydrogen) atoms. The number of fused-ring (bicyclic) bond motifs is 2. The van der Waals surface area contributed by atoms with Crippen molar-refractivity contribution in [1.82, 2.24) is 40.4 Å². The van der Waals surface area contributed by atoms with Crippen LogP contribution in [0.15, 0.2) is 61.2 Å². The van der Waals surface area contributed by atoms with E-state index in [9.17, 15) is 4.39 Å². The third-order valence-corrected chi connectivity index (χ3v) is 7.60. The lowest BCUT2D eigenvalue weighted by Gasteiger charge is -2.11. The first-order chi connectivity index (χ1) is 19.6. The first-order valence-corrected chi connectivity index (χ1v) is 13.4. The van der Waals surface area contributed by atoms with E-state index >= 15 is 4.39 Å². The number of hydrogen-bond donors (Lipinski definition) is 3. The largest absolute Gasteiger partial charge is 0.337 e. The van der Waals surface area contributed by atoms with Crippen molar-refractivity contribution in [2.75, 3.05) is 6.54 Å². The average Bonchev–Trinajstić information content (AvgIpc) is 3.73. The summed E-state index contributed by atoms with van der Waals surface area (Å²) in [7, 11) is 0. The van der Waals surface area contributed by atoms with Crippen LogP contribution in [0.2, 0.25) is 0 Å². The average molecular weight is 537 g/mol. The van der Waals surface area contributed by atoms with Gasteiger partial charge < -0.3 is 10.3 Å². The molecule has 6 aromatic rings. The molecule has 0 spiro atoms. The maximum Gasteiger partial charge on any atom is 0.184 e. The van der Waals surface area contributed by atoms with E-state index in [0.29, 0.717) is 51.5 Å². The molecule has 0 atom stereocenters. The highest BCUT2D eigenvalue weighted by atomic mass is 19.1. The molecule has 0 bridgehead atoms. The Morgan fingerprint density at radius 2 is 1.88 bits per heavy atom. The maximum atomic E-state index is 16.1. The summed E-state index contributed by atoms with van der Waals surface area (Å²) < 4.78 is 30.0. The number of hydrogen-bond acceptors (Lipinski definition) is 6. The molecule has 7 rings (SSSR count). The topological polar surface area (TPSA) is 108 Å². The molecule has 5 aromatic heterocycles. The second-order valence-corrected chi connectivity index (χ2v) is 10.3. The minimum absolute atomic E-state index is 0.224. The highest BCUT2D eigenvalue weighted by Crippen LogP contribution is 2.34. The van der Waals surface area contributed by atoms with Crippen molar-refractivity contribution in [3.63, 3.8) is 0 Å². The van der Waals surface area contributed by atoms with Crippen LogP contribution in [-0.4, -0.2) is 41.7 Å². The van der Waals surface area contributed by atoms with Gasteiger partial charge in [0.2, 0.25) is 0 Å². The molecular weight excluding hydrogens is 510 g/mol. The Bertz CT molecular complexity index is 1840. The Kier molecular flexibility index (Phi) is 6.24. The fourth-order valence-electron chi connectivity index (χ4n) is 5.59. The number of benzene rings is 1. The lowest BCUT2D eigenvalue weighted by molar-refractivity contribution is 0.489. The molecule has 200 valence electrons. The number of nitrogens with zero attached hydrogens (tertiary/aromatic N) is 5. The Balaban J connectivity index is 1.24. The molecule has 1 saturated carbocycles. The summed E-state index contributed by atoms with van der Waals surface area (Å²) in [5.74, 6) is 0.286. The lowest BCUT2D eigenvalue weighted by Crippen LogP contribution is -2.20. The van der Waals surface area contributed by atoms with Gasteiger partial charge in [-0.2, -0.15) is 5.10 Å². The number of pyridine rings is 3. The summed E-state index contributed by atoms with van der Waals surface area (Å²) >= 11 is 0. The number of rotatable bonds is 7. The molecule has 0 amide bonds. The summed E-state index contributed by atoms with van der Waals surface area (Å²) in [5.41, 5.74) is 4.89. The Hall–Kier alpha value is -4.57. The molecule has 0 unspecified atom stereocenters. The summed E-state index contributed by atoms with van der Waals surface area (Å²) in [4.78, 5) is 21.1. The molecule has 3 N–H and O–H groups in total. The van der Waals surface area contributed by atoms with Crippen molar-refractivity contribution in [2.24, 2.45) is 5.92 Å². The van der Waals surface area contributed by atoms with Gasteiger partial charge >= 0.3 is 0 Å². The Morgan fingerprint density at radius 3 is 2.75 bits per heavy atom. The molecule has 8 nitrogen and oxygen atoms in total. The quantitative estimate of drug-likeness (QED) is 0.225. The van der Waals surface area contributed by atoms with Gasteiger partial charge in [-0.25, -0.2) is 18.7 Å². The van der Waals surface area contributed by atoms with Crippen LogP contribution in [-0.2, 0) is 6.54 Å². The van der Waals surface area contributed by atoms with E-state index < -0.39 is 5.82 Å². The molecule has 1 fully saturated rings. The van der Waals surface area contributed by atoms with Gasteiger partial charge in [0.25, 0.3) is 0 Å².